The number of aliphatic carboxylic acids is 1. The molecule has 0 aliphatic rings. The van der Waals surface area contributed by atoms with E-state index in [4.69, 9.17) is 5.73 Å². The number of aliphatic hydroxyl groups excluding tert-OH is 1. The van der Waals surface area contributed by atoms with E-state index in [2.05, 4.69) is 40.1 Å². The van der Waals surface area contributed by atoms with Crippen molar-refractivity contribution in [2.24, 2.45) is 11.7 Å². The minimum atomic E-state index is -1.34. The van der Waals surface area contributed by atoms with Crippen LogP contribution in [0.25, 0.3) is 10.9 Å². The molecule has 52 heavy (non-hydrogen) atoms. The Morgan fingerprint density at radius 3 is 1.98 bits per heavy atom. The first-order valence-electron chi connectivity index (χ1n) is 18.0. The van der Waals surface area contributed by atoms with Gasteiger partial charge in [-0.3, -0.25) is 19.2 Å². The van der Waals surface area contributed by atoms with E-state index in [-0.39, 0.29) is 31.4 Å². The first-order valence-corrected chi connectivity index (χ1v) is 18.0. The topological polar surface area (TPSA) is 236 Å². The van der Waals surface area contributed by atoms with Crippen LogP contribution < -0.4 is 27.0 Å². The van der Waals surface area contributed by atoms with E-state index in [1.54, 1.807) is 18.3 Å². The number of amides is 4. The van der Waals surface area contributed by atoms with Gasteiger partial charge in [0.1, 0.15) is 29.9 Å². The van der Waals surface area contributed by atoms with Gasteiger partial charge in [-0.15, -0.1) is 0 Å². The molecule has 2 aromatic carbocycles. The van der Waals surface area contributed by atoms with E-state index >= 15 is 0 Å². The summed E-state index contributed by atoms with van der Waals surface area (Å²) in [6.45, 7) is 3.91. The van der Waals surface area contributed by atoms with Gasteiger partial charge in [-0.1, -0.05) is 63.4 Å². The van der Waals surface area contributed by atoms with Crippen LogP contribution in [-0.4, -0.2) is 87.2 Å². The lowest BCUT2D eigenvalue weighted by atomic mass is 10.0. The molecule has 4 amide bonds. The zero-order chi connectivity index (χ0) is 38.0. The van der Waals surface area contributed by atoms with Crippen LogP contribution in [0.1, 0.15) is 76.3 Å². The number of H-pyrrole nitrogens is 1. The molecule has 284 valence electrons. The maximum atomic E-state index is 14.0. The molecule has 0 saturated heterocycles. The van der Waals surface area contributed by atoms with Crippen LogP contribution in [0.4, 0.5) is 0 Å². The SMILES string of the molecule is CC(C)CCCCCC(=O)N[C@H](CO)C(=O)N[C@H](Cc1ccc(O)cc1)C(=O)N[C@H](Cc1c[nH]c2ccccc12)C(=O)N[C@H](CCCCN)C(=O)O. The number of carboxylic acids is 1. The summed E-state index contributed by atoms with van der Waals surface area (Å²) in [6, 6.07) is 8.27. The van der Waals surface area contributed by atoms with Crippen molar-refractivity contribution in [2.75, 3.05) is 13.2 Å². The number of rotatable bonds is 23. The third-order valence-electron chi connectivity index (χ3n) is 8.82. The standard InChI is InChI=1S/C38H54N6O8/c1-24(2)10-4-3-5-14-34(47)41-33(23-45)37(50)43-31(20-25-15-17-27(46)18-16-25)35(48)44-32(21-26-22-40-29-12-7-6-11-28(26)29)36(49)42-30(38(51)52)13-8-9-19-39/h6-7,11-12,15-18,22,24,30-33,40,45-46H,3-5,8-10,13-14,19-21,23,39H2,1-2H3,(H,41,47)(H,42,49)(H,43,50)(H,44,48)(H,51,52)/t30-,31-,32-,33-/m1/s1. The second-order valence-electron chi connectivity index (χ2n) is 13.5. The van der Waals surface area contributed by atoms with Gasteiger partial charge in [0, 0.05) is 36.4 Å². The van der Waals surface area contributed by atoms with E-state index in [0.717, 1.165) is 30.2 Å². The lowest BCUT2D eigenvalue weighted by molar-refractivity contribution is -0.142. The molecule has 14 heteroatoms. The molecule has 0 unspecified atom stereocenters. The zero-order valence-corrected chi connectivity index (χ0v) is 30.0. The van der Waals surface area contributed by atoms with Crippen molar-refractivity contribution < 1.29 is 39.3 Å². The molecular weight excluding hydrogens is 668 g/mol. The first-order chi connectivity index (χ1) is 24.9. The minimum Gasteiger partial charge on any atom is -0.508 e. The lowest BCUT2D eigenvalue weighted by Crippen LogP contribution is -2.59. The van der Waals surface area contributed by atoms with Crippen LogP contribution in [0.15, 0.2) is 54.7 Å². The molecule has 1 aromatic heterocycles. The van der Waals surface area contributed by atoms with Gasteiger partial charge in [-0.05, 0) is 67.5 Å². The smallest absolute Gasteiger partial charge is 0.326 e. The molecule has 4 atom stereocenters. The van der Waals surface area contributed by atoms with E-state index in [0.29, 0.717) is 42.9 Å². The molecule has 0 radical (unpaired) electrons. The van der Waals surface area contributed by atoms with Crippen molar-refractivity contribution >= 4 is 40.5 Å². The number of nitrogens with two attached hydrogens (primary N) is 1. The molecule has 3 aromatic rings. The molecular formula is C38H54N6O8. The predicted molar refractivity (Wildman–Crippen MR) is 197 cm³/mol. The first kappa shape index (κ1) is 41.5. The van der Waals surface area contributed by atoms with Gasteiger partial charge in [0.25, 0.3) is 0 Å². The summed E-state index contributed by atoms with van der Waals surface area (Å²) >= 11 is 0. The summed E-state index contributed by atoms with van der Waals surface area (Å²) < 4.78 is 0. The van der Waals surface area contributed by atoms with Crippen LogP contribution in [0, 0.1) is 5.92 Å². The highest BCUT2D eigenvalue weighted by Crippen LogP contribution is 2.20. The number of carbonyl (C=O) groups excluding carboxylic acids is 4. The van der Waals surface area contributed by atoms with Crippen LogP contribution in [0.3, 0.4) is 0 Å². The Balaban J connectivity index is 1.83. The van der Waals surface area contributed by atoms with Crippen molar-refractivity contribution in [1.82, 2.24) is 26.3 Å². The van der Waals surface area contributed by atoms with E-state index in [1.807, 2.05) is 24.3 Å². The van der Waals surface area contributed by atoms with Crippen molar-refractivity contribution in [3.05, 3.63) is 65.9 Å². The zero-order valence-electron chi connectivity index (χ0n) is 30.0. The number of benzene rings is 2. The molecule has 3 rings (SSSR count). The fourth-order valence-electron chi connectivity index (χ4n) is 5.85. The average molecular weight is 723 g/mol. The number of hydrogen-bond donors (Lipinski definition) is 9. The molecule has 0 saturated carbocycles. The van der Waals surface area contributed by atoms with Gasteiger partial charge in [0.05, 0.1) is 6.61 Å². The summed E-state index contributed by atoms with van der Waals surface area (Å²) in [5, 5.41) is 40.9. The fraction of sp³-hybridized carbons (Fsp3) is 0.500. The van der Waals surface area contributed by atoms with Gasteiger partial charge in [-0.25, -0.2) is 4.79 Å². The predicted octanol–water partition coefficient (Wildman–Crippen LogP) is 2.41. The number of para-hydroxylation sites is 1. The van der Waals surface area contributed by atoms with E-state index in [1.165, 1.54) is 12.1 Å². The number of aromatic amines is 1. The number of phenolic OH excluding ortho intramolecular Hbond substituents is 1. The van der Waals surface area contributed by atoms with Crippen molar-refractivity contribution in [3.63, 3.8) is 0 Å². The van der Waals surface area contributed by atoms with Gasteiger partial charge in [0.2, 0.25) is 23.6 Å². The molecule has 14 nitrogen and oxygen atoms in total. The van der Waals surface area contributed by atoms with Gasteiger partial charge >= 0.3 is 5.97 Å². The molecule has 0 aliphatic carbocycles. The Morgan fingerprint density at radius 2 is 1.35 bits per heavy atom. The second-order valence-corrected chi connectivity index (χ2v) is 13.5. The van der Waals surface area contributed by atoms with Crippen molar-refractivity contribution in [2.45, 2.75) is 102 Å². The summed E-state index contributed by atoms with van der Waals surface area (Å²) in [5.41, 5.74) is 7.63. The molecule has 0 spiro atoms. The van der Waals surface area contributed by atoms with E-state index < -0.39 is 60.4 Å². The number of aromatic hydroxyl groups is 1. The van der Waals surface area contributed by atoms with Crippen LogP contribution >= 0.6 is 0 Å². The maximum Gasteiger partial charge on any atom is 0.326 e. The van der Waals surface area contributed by atoms with Gasteiger partial charge < -0.3 is 47.3 Å². The highest BCUT2D eigenvalue weighted by Gasteiger charge is 2.32. The third kappa shape index (κ3) is 13.6. The maximum absolute atomic E-state index is 14.0. The molecule has 10 N–H and O–H groups in total. The normalized spacial score (nSPS) is 13.6. The number of unbranched alkanes of at least 4 members (excludes halogenated alkanes) is 3. The summed E-state index contributed by atoms with van der Waals surface area (Å²) in [4.78, 5) is 69.0. The Kier molecular flexibility index (Phi) is 17.1. The number of carboxylic acid groups (broad SMARTS) is 1. The number of nitrogens with one attached hydrogen (secondary N) is 5. The number of phenols is 1. The largest absolute Gasteiger partial charge is 0.508 e. The van der Waals surface area contributed by atoms with Crippen LogP contribution in [0.5, 0.6) is 5.75 Å². The number of aliphatic hydroxyl groups is 1. The average Bonchev–Trinajstić information content (AvgIpc) is 3.52. The number of hydrogen-bond acceptors (Lipinski definition) is 8. The van der Waals surface area contributed by atoms with Crippen molar-refractivity contribution in [1.29, 1.82) is 0 Å². The van der Waals surface area contributed by atoms with Crippen LogP contribution in [-0.2, 0) is 36.8 Å². The number of carbonyl (C=O) groups is 5. The molecule has 0 fully saturated rings. The number of aromatic nitrogens is 1. The highest BCUT2D eigenvalue weighted by molar-refractivity contribution is 5.95. The Hall–Kier alpha value is -4.95. The molecule has 1 heterocycles. The Labute approximate surface area is 304 Å². The summed E-state index contributed by atoms with van der Waals surface area (Å²) in [6.07, 6.45) is 6.48. The second kappa shape index (κ2) is 21.4. The Bertz CT molecular complexity index is 1610. The fourth-order valence-corrected chi connectivity index (χ4v) is 5.85. The molecule has 0 aliphatic heterocycles. The Morgan fingerprint density at radius 1 is 0.731 bits per heavy atom. The van der Waals surface area contributed by atoms with Crippen molar-refractivity contribution in [3.8, 4) is 5.75 Å². The van der Waals surface area contributed by atoms with Crippen LogP contribution in [0.2, 0.25) is 0 Å². The highest BCUT2D eigenvalue weighted by atomic mass is 16.4. The lowest BCUT2D eigenvalue weighted by Gasteiger charge is -2.26. The third-order valence-corrected chi connectivity index (χ3v) is 8.82. The van der Waals surface area contributed by atoms with Gasteiger partial charge in [-0.2, -0.15) is 0 Å². The van der Waals surface area contributed by atoms with Gasteiger partial charge in [0.15, 0.2) is 0 Å². The molecule has 0 bridgehead atoms. The number of fused-ring (bicyclic) bond motifs is 1. The van der Waals surface area contributed by atoms with E-state index in [9.17, 15) is 39.3 Å². The minimum absolute atomic E-state index is 0.00374. The summed E-state index contributed by atoms with van der Waals surface area (Å²) in [5.74, 6) is -3.38. The monoisotopic (exact) mass is 722 g/mol. The summed E-state index contributed by atoms with van der Waals surface area (Å²) in [7, 11) is 0. The quantitative estimate of drug-likeness (QED) is 0.0653.